The molecule has 0 aromatic carbocycles. The lowest BCUT2D eigenvalue weighted by atomic mass is 10.3. The Kier molecular flexibility index (Phi) is 5.13. The number of rotatable bonds is 6. The Bertz CT molecular complexity index is 581. The molecule has 3 amide bonds. The zero-order valence-electron chi connectivity index (χ0n) is 10.5. The summed E-state index contributed by atoms with van der Waals surface area (Å²) < 4.78 is 1.88. The highest BCUT2D eigenvalue weighted by atomic mass is 32.2. The maximum Gasteiger partial charge on any atom is 0.318 e. The molecule has 0 aliphatic heterocycles. The smallest absolute Gasteiger partial charge is 0.318 e. The fraction of sp³-hybridized carbons (Fsp3) is 0.273. The van der Waals surface area contributed by atoms with Gasteiger partial charge in [-0.15, -0.1) is 21.5 Å². The average Bonchev–Trinajstić information content (AvgIpc) is 3.04. The number of hydrogen-bond donors (Lipinski definition) is 2. The topological polar surface area (TPSA) is 103 Å². The molecular weight excluding hydrogens is 298 g/mol. The van der Waals surface area contributed by atoms with E-state index in [1.165, 1.54) is 16.6 Å². The first-order chi connectivity index (χ1) is 9.65. The predicted molar refractivity (Wildman–Crippen MR) is 76.5 cm³/mol. The van der Waals surface area contributed by atoms with E-state index in [1.807, 2.05) is 21.3 Å². The van der Waals surface area contributed by atoms with Crippen molar-refractivity contribution in [2.75, 3.05) is 5.75 Å². The summed E-state index contributed by atoms with van der Waals surface area (Å²) in [6.07, 6.45) is 2.51. The van der Waals surface area contributed by atoms with Crippen LogP contribution < -0.4 is 11.1 Å². The molecule has 0 spiro atoms. The SMILES string of the molecule is NC(=O)NC(=O)CSc1nncn1CCc1cccs1. The van der Waals surface area contributed by atoms with Gasteiger partial charge in [-0.25, -0.2) is 4.79 Å². The van der Waals surface area contributed by atoms with Crippen LogP contribution in [0.25, 0.3) is 0 Å². The number of carbonyl (C=O) groups excluding carboxylic acids is 2. The number of primary amides is 1. The molecule has 0 radical (unpaired) electrons. The van der Waals surface area contributed by atoms with Crippen LogP contribution in [0.2, 0.25) is 0 Å². The maximum atomic E-state index is 11.3. The highest BCUT2D eigenvalue weighted by Crippen LogP contribution is 2.16. The van der Waals surface area contributed by atoms with Crippen molar-refractivity contribution in [3.05, 3.63) is 28.7 Å². The highest BCUT2D eigenvalue weighted by Gasteiger charge is 2.10. The van der Waals surface area contributed by atoms with Crippen molar-refractivity contribution in [2.24, 2.45) is 5.73 Å². The van der Waals surface area contributed by atoms with Gasteiger partial charge in [-0.3, -0.25) is 10.1 Å². The predicted octanol–water partition coefficient (Wildman–Crippen LogP) is 0.869. The maximum absolute atomic E-state index is 11.3. The number of nitrogens with two attached hydrogens (primary N) is 1. The number of thiophene rings is 1. The zero-order chi connectivity index (χ0) is 14.4. The van der Waals surface area contributed by atoms with Crippen LogP contribution in [0.15, 0.2) is 29.0 Å². The van der Waals surface area contributed by atoms with E-state index in [9.17, 15) is 9.59 Å². The number of carbonyl (C=O) groups is 2. The lowest BCUT2D eigenvalue weighted by Gasteiger charge is -2.05. The van der Waals surface area contributed by atoms with Gasteiger partial charge < -0.3 is 10.3 Å². The third-order valence-electron chi connectivity index (χ3n) is 2.35. The molecular formula is C11H13N5O2S2. The Balaban J connectivity index is 1.85. The average molecular weight is 311 g/mol. The second-order valence-corrected chi connectivity index (χ2v) is 5.81. The molecule has 20 heavy (non-hydrogen) atoms. The second-order valence-electron chi connectivity index (χ2n) is 3.84. The van der Waals surface area contributed by atoms with E-state index >= 15 is 0 Å². The summed E-state index contributed by atoms with van der Waals surface area (Å²) in [6, 6.07) is 3.23. The molecule has 0 atom stereocenters. The van der Waals surface area contributed by atoms with Crippen LogP contribution >= 0.6 is 23.1 Å². The number of imide groups is 1. The fourth-order valence-electron chi connectivity index (χ4n) is 1.50. The van der Waals surface area contributed by atoms with Gasteiger partial charge in [0.05, 0.1) is 5.75 Å². The van der Waals surface area contributed by atoms with Crippen LogP contribution in [0.4, 0.5) is 4.79 Å². The highest BCUT2D eigenvalue weighted by molar-refractivity contribution is 7.99. The van der Waals surface area contributed by atoms with Gasteiger partial charge in [-0.1, -0.05) is 17.8 Å². The number of amides is 3. The van der Waals surface area contributed by atoms with Gasteiger partial charge >= 0.3 is 6.03 Å². The molecule has 0 bridgehead atoms. The van der Waals surface area contributed by atoms with Gasteiger partial charge in [-0.05, 0) is 17.9 Å². The van der Waals surface area contributed by atoms with Gasteiger partial charge in [0.15, 0.2) is 5.16 Å². The molecule has 0 saturated carbocycles. The first-order valence-corrected chi connectivity index (χ1v) is 7.64. The van der Waals surface area contributed by atoms with Crippen LogP contribution in [-0.4, -0.2) is 32.5 Å². The number of nitrogens with zero attached hydrogens (tertiary/aromatic N) is 3. The van der Waals surface area contributed by atoms with Crippen molar-refractivity contribution >= 4 is 35.0 Å². The van der Waals surface area contributed by atoms with Gasteiger partial charge in [-0.2, -0.15) is 0 Å². The Hall–Kier alpha value is -1.87. The molecule has 2 rings (SSSR count). The van der Waals surface area contributed by atoms with Gasteiger partial charge in [0, 0.05) is 11.4 Å². The van der Waals surface area contributed by atoms with E-state index in [2.05, 4.69) is 16.3 Å². The van der Waals surface area contributed by atoms with Crippen LogP contribution in [0.5, 0.6) is 0 Å². The minimum absolute atomic E-state index is 0.0701. The lowest BCUT2D eigenvalue weighted by molar-refractivity contribution is -0.117. The number of hydrogen-bond acceptors (Lipinski definition) is 6. The molecule has 2 aromatic rings. The van der Waals surface area contributed by atoms with Crippen molar-refractivity contribution in [3.8, 4) is 0 Å². The van der Waals surface area contributed by atoms with E-state index in [-0.39, 0.29) is 5.75 Å². The standard InChI is InChI=1S/C11H13N5O2S2/c12-10(18)14-9(17)6-20-11-15-13-7-16(11)4-3-8-2-1-5-19-8/h1-2,5,7H,3-4,6H2,(H3,12,14,17,18). The molecule has 106 valence electrons. The molecule has 0 aliphatic rings. The van der Waals surface area contributed by atoms with Crippen LogP contribution in [-0.2, 0) is 17.8 Å². The molecule has 9 heteroatoms. The Morgan fingerprint density at radius 1 is 1.50 bits per heavy atom. The number of aryl methyl sites for hydroxylation is 2. The summed E-state index contributed by atoms with van der Waals surface area (Å²) in [5, 5.41) is 12.5. The Labute approximate surface area is 123 Å². The van der Waals surface area contributed by atoms with Crippen molar-refractivity contribution in [3.63, 3.8) is 0 Å². The zero-order valence-corrected chi connectivity index (χ0v) is 12.1. The molecule has 7 nitrogen and oxygen atoms in total. The minimum Gasteiger partial charge on any atom is -0.351 e. The molecule has 0 fully saturated rings. The first-order valence-electron chi connectivity index (χ1n) is 5.77. The molecule has 3 N–H and O–H groups in total. The van der Waals surface area contributed by atoms with E-state index < -0.39 is 11.9 Å². The molecule has 0 aliphatic carbocycles. The molecule has 0 unspecified atom stereocenters. The van der Waals surface area contributed by atoms with E-state index in [0.717, 1.165) is 13.0 Å². The summed E-state index contributed by atoms with van der Waals surface area (Å²) >= 11 is 2.91. The second kappa shape index (κ2) is 7.06. The summed E-state index contributed by atoms with van der Waals surface area (Å²) in [5.41, 5.74) is 4.86. The fourth-order valence-corrected chi connectivity index (χ4v) is 2.94. The van der Waals surface area contributed by atoms with Crippen LogP contribution in [0, 0.1) is 0 Å². The van der Waals surface area contributed by atoms with Crippen LogP contribution in [0.3, 0.4) is 0 Å². The quantitative estimate of drug-likeness (QED) is 0.771. The molecule has 2 aromatic heterocycles. The van der Waals surface area contributed by atoms with E-state index in [0.29, 0.717) is 5.16 Å². The first kappa shape index (κ1) is 14.5. The summed E-state index contributed by atoms with van der Waals surface area (Å²) in [6.45, 7) is 0.743. The van der Waals surface area contributed by atoms with Crippen molar-refractivity contribution < 1.29 is 9.59 Å². The van der Waals surface area contributed by atoms with Gasteiger partial charge in [0.25, 0.3) is 0 Å². The van der Waals surface area contributed by atoms with Gasteiger partial charge in [0.1, 0.15) is 6.33 Å². The monoisotopic (exact) mass is 311 g/mol. The Morgan fingerprint density at radius 3 is 3.05 bits per heavy atom. The number of urea groups is 1. The summed E-state index contributed by atoms with van der Waals surface area (Å²) in [7, 11) is 0. The summed E-state index contributed by atoms with van der Waals surface area (Å²) in [5.74, 6) is -0.379. The van der Waals surface area contributed by atoms with Crippen molar-refractivity contribution in [1.29, 1.82) is 0 Å². The lowest BCUT2D eigenvalue weighted by Crippen LogP contribution is -2.36. The third-order valence-corrected chi connectivity index (χ3v) is 4.27. The van der Waals surface area contributed by atoms with Crippen molar-refractivity contribution in [1.82, 2.24) is 20.1 Å². The summed E-state index contributed by atoms with van der Waals surface area (Å²) in [4.78, 5) is 23.1. The number of nitrogens with one attached hydrogen (secondary N) is 1. The van der Waals surface area contributed by atoms with Gasteiger partial charge in [0.2, 0.25) is 5.91 Å². The van der Waals surface area contributed by atoms with Crippen LogP contribution in [0.1, 0.15) is 4.88 Å². The number of aromatic nitrogens is 3. The van der Waals surface area contributed by atoms with E-state index in [1.54, 1.807) is 17.7 Å². The largest absolute Gasteiger partial charge is 0.351 e. The number of thioether (sulfide) groups is 1. The Morgan fingerprint density at radius 2 is 2.35 bits per heavy atom. The minimum atomic E-state index is -0.852. The van der Waals surface area contributed by atoms with Crippen molar-refractivity contribution in [2.45, 2.75) is 18.1 Å². The third kappa shape index (κ3) is 4.35. The molecule has 0 saturated heterocycles. The van der Waals surface area contributed by atoms with E-state index in [4.69, 9.17) is 5.73 Å². The normalized spacial score (nSPS) is 10.4. The molecule has 2 heterocycles.